The van der Waals surface area contributed by atoms with Crippen LogP contribution in [0.15, 0.2) is 17.0 Å². The molecule has 0 aliphatic carbocycles. The van der Waals surface area contributed by atoms with E-state index in [1.165, 1.54) is 12.1 Å². The number of nitro groups is 1. The number of carboxylic acid groups (broad SMARTS) is 1. The Kier molecular flexibility index (Phi) is 4.33. The van der Waals surface area contributed by atoms with E-state index in [2.05, 4.69) is 0 Å². The summed E-state index contributed by atoms with van der Waals surface area (Å²) in [7, 11) is 0. The first-order chi connectivity index (χ1) is 9.52. The van der Waals surface area contributed by atoms with E-state index in [9.17, 15) is 14.9 Å². The second-order valence-corrected chi connectivity index (χ2v) is 5.32. The second-order valence-electron chi connectivity index (χ2n) is 4.07. The third-order valence-electron chi connectivity index (χ3n) is 2.74. The first kappa shape index (κ1) is 14.4. The molecule has 20 heavy (non-hydrogen) atoms. The van der Waals surface area contributed by atoms with Crippen LogP contribution in [0.3, 0.4) is 0 Å². The number of aliphatic carboxylic acids is 1. The van der Waals surface area contributed by atoms with Crippen LogP contribution in [0.25, 0.3) is 0 Å². The van der Waals surface area contributed by atoms with Gasteiger partial charge in [-0.15, -0.1) is 11.8 Å². The van der Waals surface area contributed by atoms with Crippen LogP contribution in [0.2, 0.25) is 0 Å². The van der Waals surface area contributed by atoms with Crippen molar-refractivity contribution < 1.29 is 24.3 Å². The van der Waals surface area contributed by atoms with Gasteiger partial charge in [-0.25, -0.2) is 0 Å². The van der Waals surface area contributed by atoms with E-state index in [0.29, 0.717) is 31.1 Å². The van der Waals surface area contributed by atoms with Crippen LogP contribution in [0.5, 0.6) is 11.5 Å². The number of rotatable bonds is 5. The van der Waals surface area contributed by atoms with Gasteiger partial charge >= 0.3 is 5.97 Å². The number of ether oxygens (including phenoxy) is 2. The van der Waals surface area contributed by atoms with E-state index in [1.807, 2.05) is 0 Å². The summed E-state index contributed by atoms with van der Waals surface area (Å²) in [4.78, 5) is 21.9. The summed E-state index contributed by atoms with van der Waals surface area (Å²) in [6.07, 6.45) is 0.367. The molecule has 108 valence electrons. The number of nitrogens with zero attached hydrogens (tertiary/aromatic N) is 1. The standard InChI is InChI=1S/C12H13NO6S/c1-2-10(12(14)15)20-11-6-9-8(18-3-4-19-9)5-7(11)13(16)17/h5-6,10H,2-4H2,1H3,(H,14,15). The molecule has 1 aliphatic heterocycles. The molecule has 1 aromatic carbocycles. The SMILES string of the molecule is CCC(Sc1cc2c(cc1[N+](=O)[O-])OCCO2)C(=O)O. The van der Waals surface area contributed by atoms with Crippen molar-refractivity contribution in [3.8, 4) is 11.5 Å². The number of hydrogen-bond acceptors (Lipinski definition) is 6. The third-order valence-corrected chi connectivity index (χ3v) is 4.14. The Morgan fingerprint density at radius 2 is 2.05 bits per heavy atom. The number of fused-ring (bicyclic) bond motifs is 1. The van der Waals surface area contributed by atoms with Gasteiger partial charge in [-0.2, -0.15) is 0 Å². The molecule has 1 aromatic rings. The third kappa shape index (κ3) is 2.96. The number of nitro benzene ring substituents is 1. The molecule has 1 aliphatic rings. The van der Waals surface area contributed by atoms with Crippen LogP contribution in [0.4, 0.5) is 5.69 Å². The molecule has 1 unspecified atom stereocenters. The van der Waals surface area contributed by atoms with Crippen molar-refractivity contribution in [2.24, 2.45) is 0 Å². The highest BCUT2D eigenvalue weighted by atomic mass is 32.2. The average molecular weight is 299 g/mol. The predicted molar refractivity (Wildman–Crippen MR) is 71.7 cm³/mol. The lowest BCUT2D eigenvalue weighted by Crippen LogP contribution is -2.17. The monoisotopic (exact) mass is 299 g/mol. The molecule has 2 rings (SSSR count). The van der Waals surface area contributed by atoms with Crippen LogP contribution in [-0.2, 0) is 4.79 Å². The molecule has 0 saturated heterocycles. The Bertz CT molecular complexity index is 547. The Morgan fingerprint density at radius 3 is 2.55 bits per heavy atom. The molecule has 0 saturated carbocycles. The van der Waals surface area contributed by atoms with E-state index in [1.54, 1.807) is 6.92 Å². The number of thioether (sulfide) groups is 1. The van der Waals surface area contributed by atoms with Crippen LogP contribution in [0, 0.1) is 10.1 Å². The fraction of sp³-hybridized carbons (Fsp3) is 0.417. The molecule has 0 radical (unpaired) electrons. The molecule has 1 N–H and O–H groups in total. The van der Waals surface area contributed by atoms with E-state index in [4.69, 9.17) is 14.6 Å². The van der Waals surface area contributed by atoms with Gasteiger partial charge in [-0.3, -0.25) is 14.9 Å². The number of benzene rings is 1. The summed E-state index contributed by atoms with van der Waals surface area (Å²) in [6.45, 7) is 2.42. The van der Waals surface area contributed by atoms with E-state index in [-0.39, 0.29) is 10.6 Å². The topological polar surface area (TPSA) is 98.9 Å². The molecule has 0 amide bonds. The highest BCUT2D eigenvalue weighted by molar-refractivity contribution is 8.00. The zero-order chi connectivity index (χ0) is 14.7. The Labute approximate surface area is 119 Å². The van der Waals surface area contributed by atoms with Gasteiger partial charge in [0.15, 0.2) is 11.5 Å². The van der Waals surface area contributed by atoms with Crippen LogP contribution < -0.4 is 9.47 Å². The zero-order valence-corrected chi connectivity index (χ0v) is 11.5. The van der Waals surface area contributed by atoms with Crippen molar-refractivity contribution in [1.29, 1.82) is 0 Å². The molecule has 8 heteroatoms. The Morgan fingerprint density at radius 1 is 1.45 bits per heavy atom. The van der Waals surface area contributed by atoms with Gasteiger partial charge in [0.25, 0.3) is 5.69 Å². The number of carboxylic acids is 1. The van der Waals surface area contributed by atoms with Crippen molar-refractivity contribution in [1.82, 2.24) is 0 Å². The molecule has 0 fully saturated rings. The van der Waals surface area contributed by atoms with Crippen molar-refractivity contribution in [3.05, 3.63) is 22.2 Å². The minimum Gasteiger partial charge on any atom is -0.486 e. The summed E-state index contributed by atoms with van der Waals surface area (Å²) >= 11 is 0.948. The van der Waals surface area contributed by atoms with Gasteiger partial charge in [-0.05, 0) is 6.42 Å². The summed E-state index contributed by atoms with van der Waals surface area (Å²) in [5, 5.41) is 19.4. The molecule has 0 spiro atoms. The molecule has 0 aromatic heterocycles. The highest BCUT2D eigenvalue weighted by Crippen LogP contribution is 2.42. The van der Waals surface area contributed by atoms with Crippen molar-refractivity contribution in [2.75, 3.05) is 13.2 Å². The Balaban J connectivity index is 2.39. The van der Waals surface area contributed by atoms with Gasteiger partial charge in [0.1, 0.15) is 18.5 Å². The largest absolute Gasteiger partial charge is 0.486 e. The molecular formula is C12H13NO6S. The van der Waals surface area contributed by atoms with E-state index < -0.39 is 16.1 Å². The summed E-state index contributed by atoms with van der Waals surface area (Å²) in [5.41, 5.74) is -0.168. The maximum Gasteiger partial charge on any atom is 0.316 e. The molecule has 1 atom stereocenters. The normalized spacial score (nSPS) is 14.7. The van der Waals surface area contributed by atoms with Gasteiger partial charge < -0.3 is 14.6 Å². The first-order valence-corrected chi connectivity index (χ1v) is 6.88. The van der Waals surface area contributed by atoms with Gasteiger partial charge in [0.2, 0.25) is 0 Å². The highest BCUT2D eigenvalue weighted by Gasteiger charge is 2.26. The summed E-state index contributed by atoms with van der Waals surface area (Å²) < 4.78 is 10.7. The van der Waals surface area contributed by atoms with Crippen molar-refractivity contribution >= 4 is 23.4 Å². The fourth-order valence-corrected chi connectivity index (χ4v) is 2.76. The lowest BCUT2D eigenvalue weighted by atomic mass is 10.2. The fourth-order valence-electron chi connectivity index (χ4n) is 1.76. The van der Waals surface area contributed by atoms with Crippen LogP contribution in [-0.4, -0.2) is 34.5 Å². The average Bonchev–Trinajstić information content (AvgIpc) is 2.43. The minimum atomic E-state index is -0.998. The van der Waals surface area contributed by atoms with Crippen molar-refractivity contribution in [2.45, 2.75) is 23.5 Å². The van der Waals surface area contributed by atoms with Gasteiger partial charge in [-0.1, -0.05) is 6.92 Å². The molecular weight excluding hydrogens is 286 g/mol. The quantitative estimate of drug-likeness (QED) is 0.506. The minimum absolute atomic E-state index is 0.168. The predicted octanol–water partition coefficient (Wildman–Crippen LogP) is 2.32. The van der Waals surface area contributed by atoms with Crippen molar-refractivity contribution in [3.63, 3.8) is 0 Å². The smallest absolute Gasteiger partial charge is 0.316 e. The molecule has 1 heterocycles. The van der Waals surface area contributed by atoms with Crippen LogP contribution in [0.1, 0.15) is 13.3 Å². The first-order valence-electron chi connectivity index (χ1n) is 6.00. The summed E-state index contributed by atoms with van der Waals surface area (Å²) in [5.74, 6) is -0.276. The molecule has 0 bridgehead atoms. The van der Waals surface area contributed by atoms with E-state index in [0.717, 1.165) is 11.8 Å². The number of hydrogen-bond donors (Lipinski definition) is 1. The second kappa shape index (κ2) is 6.00. The number of carbonyl (C=O) groups is 1. The summed E-state index contributed by atoms with van der Waals surface area (Å²) in [6, 6.07) is 2.76. The lowest BCUT2D eigenvalue weighted by molar-refractivity contribution is -0.387. The lowest BCUT2D eigenvalue weighted by Gasteiger charge is -2.19. The maximum absolute atomic E-state index is 11.1. The maximum atomic E-state index is 11.1. The van der Waals surface area contributed by atoms with E-state index >= 15 is 0 Å². The Hall–Kier alpha value is -1.96. The van der Waals surface area contributed by atoms with Crippen LogP contribution >= 0.6 is 11.8 Å². The molecule has 7 nitrogen and oxygen atoms in total. The zero-order valence-electron chi connectivity index (χ0n) is 10.7. The van der Waals surface area contributed by atoms with Gasteiger partial charge in [0.05, 0.1) is 15.9 Å². The van der Waals surface area contributed by atoms with Gasteiger partial charge in [0, 0.05) is 6.07 Å².